The van der Waals surface area contributed by atoms with E-state index in [9.17, 15) is 9.18 Å². The predicted octanol–water partition coefficient (Wildman–Crippen LogP) is 4.12. The molecule has 3 N–H and O–H groups in total. The number of fused-ring (bicyclic) bond motifs is 2. The van der Waals surface area contributed by atoms with E-state index in [1.165, 1.54) is 12.1 Å². The van der Waals surface area contributed by atoms with Gasteiger partial charge in [0.2, 0.25) is 0 Å². The molecule has 0 saturated heterocycles. The van der Waals surface area contributed by atoms with Gasteiger partial charge in [-0.15, -0.1) is 0 Å². The number of unbranched alkanes of at least 4 members (excludes halogenated alkanes) is 1. The molecule has 154 valence electrons. The highest BCUT2D eigenvalue weighted by molar-refractivity contribution is 5.96. The second-order valence-corrected chi connectivity index (χ2v) is 7.29. The maximum atomic E-state index is 13.1. The van der Waals surface area contributed by atoms with Crippen molar-refractivity contribution in [3.8, 4) is 0 Å². The Kier molecular flexibility index (Phi) is 5.61. The summed E-state index contributed by atoms with van der Waals surface area (Å²) in [5.41, 5.74) is 9.42. The average Bonchev–Trinajstić information content (AvgIpc) is 2.89. The number of halogens is 1. The van der Waals surface area contributed by atoms with Crippen LogP contribution in [0.3, 0.4) is 0 Å². The van der Waals surface area contributed by atoms with Crippen LogP contribution in [0.15, 0.2) is 53.3 Å². The normalized spacial score (nSPS) is 11.3. The first kappa shape index (κ1) is 19.8. The maximum absolute atomic E-state index is 13.1. The van der Waals surface area contributed by atoms with E-state index in [1.807, 2.05) is 16.7 Å². The van der Waals surface area contributed by atoms with E-state index in [0.29, 0.717) is 53.1 Å². The number of para-hydroxylation sites is 1. The van der Waals surface area contributed by atoms with Crippen LogP contribution in [-0.2, 0) is 13.0 Å². The van der Waals surface area contributed by atoms with Gasteiger partial charge in [-0.25, -0.2) is 14.4 Å². The Morgan fingerprint density at radius 1 is 1.10 bits per heavy atom. The lowest BCUT2D eigenvalue weighted by atomic mass is 10.1. The summed E-state index contributed by atoms with van der Waals surface area (Å²) in [5, 5.41) is 3.81. The third-order valence-electron chi connectivity index (χ3n) is 5.19. The van der Waals surface area contributed by atoms with E-state index in [4.69, 9.17) is 10.7 Å². The van der Waals surface area contributed by atoms with E-state index in [1.54, 1.807) is 24.3 Å². The van der Waals surface area contributed by atoms with Gasteiger partial charge >= 0.3 is 0 Å². The fourth-order valence-electron chi connectivity index (χ4n) is 3.56. The number of aryl methyl sites for hydroxylation is 1. The quantitative estimate of drug-likeness (QED) is 0.483. The lowest BCUT2D eigenvalue weighted by Gasteiger charge is -2.08. The molecule has 7 heteroatoms. The van der Waals surface area contributed by atoms with Crippen LogP contribution >= 0.6 is 0 Å². The third-order valence-corrected chi connectivity index (χ3v) is 5.19. The highest BCUT2D eigenvalue weighted by Gasteiger charge is 2.18. The van der Waals surface area contributed by atoms with Crippen LogP contribution in [0.25, 0.3) is 22.1 Å². The first-order chi connectivity index (χ1) is 14.6. The lowest BCUT2D eigenvalue weighted by molar-refractivity contribution is 0.627. The number of anilines is 2. The molecule has 6 nitrogen and oxygen atoms in total. The molecule has 0 bridgehead atoms. The van der Waals surface area contributed by atoms with Crippen molar-refractivity contribution in [2.45, 2.75) is 32.7 Å². The Balaban J connectivity index is 1.77. The standard InChI is InChI=1S/C23H24FN5O/c1-2-3-14-29-21(25)19(26-13-12-15-8-10-16(24)11-9-15)20-22(29)27-18-7-5-4-6-17(18)23(30)28-20/h4-11,26H,2-3,12-14,25H2,1H3. The highest BCUT2D eigenvalue weighted by Crippen LogP contribution is 2.31. The Bertz CT molecular complexity index is 1250. The van der Waals surface area contributed by atoms with Gasteiger partial charge in [-0.05, 0) is 42.7 Å². The van der Waals surface area contributed by atoms with Crippen molar-refractivity contribution >= 4 is 33.6 Å². The van der Waals surface area contributed by atoms with Gasteiger partial charge in [0.25, 0.3) is 5.56 Å². The highest BCUT2D eigenvalue weighted by atomic mass is 19.1. The van der Waals surface area contributed by atoms with Crippen molar-refractivity contribution in [1.82, 2.24) is 14.5 Å². The molecular weight excluding hydrogens is 381 g/mol. The molecule has 0 aliphatic heterocycles. The Hall–Kier alpha value is -3.48. The first-order valence-corrected chi connectivity index (χ1v) is 10.2. The number of benzene rings is 2. The zero-order valence-corrected chi connectivity index (χ0v) is 16.9. The zero-order valence-electron chi connectivity index (χ0n) is 16.9. The predicted molar refractivity (Wildman–Crippen MR) is 119 cm³/mol. The summed E-state index contributed by atoms with van der Waals surface area (Å²) in [4.78, 5) is 21.9. The Morgan fingerprint density at radius 2 is 1.87 bits per heavy atom. The zero-order chi connectivity index (χ0) is 21.1. The molecule has 2 aromatic carbocycles. The molecule has 4 rings (SSSR count). The molecule has 2 heterocycles. The fourth-order valence-corrected chi connectivity index (χ4v) is 3.56. The summed E-state index contributed by atoms with van der Waals surface area (Å²) >= 11 is 0. The minimum absolute atomic E-state index is 0.257. The van der Waals surface area contributed by atoms with Crippen LogP contribution in [0, 0.1) is 5.82 Å². The minimum Gasteiger partial charge on any atom is -0.383 e. The molecule has 0 amide bonds. The van der Waals surface area contributed by atoms with Gasteiger partial charge in [0.05, 0.1) is 10.9 Å². The largest absolute Gasteiger partial charge is 0.383 e. The van der Waals surface area contributed by atoms with E-state index in [2.05, 4.69) is 17.2 Å². The SMILES string of the molecule is CCCCn1c(N)c(NCCc2ccc(F)cc2)c2nc(=O)c3ccccc3nc21. The second-order valence-electron chi connectivity index (χ2n) is 7.29. The summed E-state index contributed by atoms with van der Waals surface area (Å²) in [6, 6.07) is 13.6. The second kappa shape index (κ2) is 8.49. The molecule has 0 radical (unpaired) electrons. The van der Waals surface area contributed by atoms with Gasteiger partial charge in [0.1, 0.15) is 22.8 Å². The number of nitrogens with two attached hydrogens (primary N) is 1. The molecule has 2 aromatic heterocycles. The average molecular weight is 405 g/mol. The fraction of sp³-hybridized carbons (Fsp3) is 0.261. The van der Waals surface area contributed by atoms with Crippen LogP contribution in [-0.4, -0.2) is 21.1 Å². The van der Waals surface area contributed by atoms with Gasteiger partial charge < -0.3 is 15.6 Å². The first-order valence-electron chi connectivity index (χ1n) is 10.2. The summed E-state index contributed by atoms with van der Waals surface area (Å²) in [5.74, 6) is 0.264. The van der Waals surface area contributed by atoms with Crippen molar-refractivity contribution in [3.63, 3.8) is 0 Å². The van der Waals surface area contributed by atoms with Gasteiger partial charge in [-0.2, -0.15) is 0 Å². The maximum Gasteiger partial charge on any atom is 0.279 e. The lowest BCUT2D eigenvalue weighted by Crippen LogP contribution is -2.09. The van der Waals surface area contributed by atoms with Crippen LogP contribution in [0.2, 0.25) is 0 Å². The number of aromatic nitrogens is 3. The Morgan fingerprint density at radius 3 is 2.63 bits per heavy atom. The molecule has 0 spiro atoms. The molecule has 0 saturated carbocycles. The number of nitrogens with one attached hydrogen (secondary N) is 1. The molecule has 0 unspecified atom stereocenters. The summed E-state index contributed by atoms with van der Waals surface area (Å²) in [6.45, 7) is 3.37. The van der Waals surface area contributed by atoms with Crippen molar-refractivity contribution in [1.29, 1.82) is 0 Å². The number of hydrogen-bond donors (Lipinski definition) is 2. The third kappa shape index (κ3) is 3.83. The van der Waals surface area contributed by atoms with Crippen LogP contribution in [0.1, 0.15) is 25.3 Å². The van der Waals surface area contributed by atoms with E-state index >= 15 is 0 Å². The van der Waals surface area contributed by atoms with E-state index in [-0.39, 0.29) is 11.4 Å². The molecule has 0 aliphatic rings. The van der Waals surface area contributed by atoms with Gasteiger partial charge in [0.15, 0.2) is 5.65 Å². The van der Waals surface area contributed by atoms with Crippen molar-refractivity contribution in [2.24, 2.45) is 0 Å². The van der Waals surface area contributed by atoms with Crippen LogP contribution < -0.4 is 16.6 Å². The van der Waals surface area contributed by atoms with Crippen molar-refractivity contribution in [3.05, 3.63) is 70.3 Å². The number of hydrogen-bond acceptors (Lipinski definition) is 5. The number of nitrogen functional groups attached to an aromatic ring is 1. The topological polar surface area (TPSA) is 85.8 Å². The molecular formula is C23H24FN5O. The Labute approximate surface area is 173 Å². The van der Waals surface area contributed by atoms with E-state index in [0.717, 1.165) is 18.4 Å². The molecule has 0 aliphatic carbocycles. The molecule has 0 fully saturated rings. The monoisotopic (exact) mass is 405 g/mol. The summed E-state index contributed by atoms with van der Waals surface area (Å²) in [7, 11) is 0. The van der Waals surface area contributed by atoms with Gasteiger partial charge in [-0.1, -0.05) is 37.6 Å². The number of rotatable bonds is 7. The van der Waals surface area contributed by atoms with Gasteiger partial charge in [-0.3, -0.25) is 4.79 Å². The minimum atomic E-state index is -0.331. The van der Waals surface area contributed by atoms with Gasteiger partial charge in [0, 0.05) is 13.1 Å². The van der Waals surface area contributed by atoms with E-state index < -0.39 is 0 Å². The van der Waals surface area contributed by atoms with Crippen molar-refractivity contribution < 1.29 is 4.39 Å². The summed E-state index contributed by atoms with van der Waals surface area (Å²) < 4.78 is 15.0. The molecule has 30 heavy (non-hydrogen) atoms. The summed E-state index contributed by atoms with van der Waals surface area (Å²) in [6.07, 6.45) is 2.62. The number of nitrogens with zero attached hydrogens (tertiary/aromatic N) is 3. The van der Waals surface area contributed by atoms with Crippen molar-refractivity contribution in [2.75, 3.05) is 17.6 Å². The molecule has 0 atom stereocenters. The van der Waals surface area contributed by atoms with Crippen LogP contribution in [0.5, 0.6) is 0 Å². The smallest absolute Gasteiger partial charge is 0.279 e. The van der Waals surface area contributed by atoms with Crippen LogP contribution in [0.4, 0.5) is 15.9 Å². The molecule has 4 aromatic rings.